The van der Waals surface area contributed by atoms with E-state index in [2.05, 4.69) is 36.3 Å². The topological polar surface area (TPSA) is 64.6 Å². The summed E-state index contributed by atoms with van der Waals surface area (Å²) in [5.74, 6) is 0.217. The first kappa shape index (κ1) is 15.9. The standard InChI is InChI=1S/C17H23N3O2/c1-17(2,3)20-10-8-14(9-11-20)19-16(22)18-12-13-4-6-15(21)7-5-13/h4-10,21H,11-12H2,1-3H3,(H2,18,19,22). The smallest absolute Gasteiger partial charge is 0.319 e. The van der Waals surface area contributed by atoms with Gasteiger partial charge in [-0.3, -0.25) is 0 Å². The fourth-order valence-electron chi connectivity index (χ4n) is 2.06. The summed E-state index contributed by atoms with van der Waals surface area (Å²) in [6.45, 7) is 7.63. The predicted octanol–water partition coefficient (Wildman–Crippen LogP) is 2.70. The molecule has 1 aromatic rings. The second-order valence-electron chi connectivity index (χ2n) is 6.27. The number of amides is 2. The van der Waals surface area contributed by atoms with Gasteiger partial charge in [0.2, 0.25) is 0 Å². The van der Waals surface area contributed by atoms with Crippen LogP contribution in [0, 0.1) is 0 Å². The van der Waals surface area contributed by atoms with Gasteiger partial charge in [-0.25, -0.2) is 4.79 Å². The lowest BCUT2D eigenvalue weighted by Gasteiger charge is -2.35. The van der Waals surface area contributed by atoms with Crippen LogP contribution < -0.4 is 10.6 Å². The molecular formula is C17H23N3O2. The maximum atomic E-state index is 11.9. The molecule has 5 heteroatoms. The largest absolute Gasteiger partial charge is 0.508 e. The van der Waals surface area contributed by atoms with Crippen LogP contribution in [0.1, 0.15) is 26.3 Å². The van der Waals surface area contributed by atoms with Crippen LogP contribution in [-0.4, -0.2) is 28.1 Å². The number of phenols is 1. The van der Waals surface area contributed by atoms with Crippen molar-refractivity contribution in [2.75, 3.05) is 6.54 Å². The maximum absolute atomic E-state index is 11.9. The Kier molecular flexibility index (Phi) is 4.75. The number of phenolic OH excluding ortho intramolecular Hbond substituents is 1. The van der Waals surface area contributed by atoms with E-state index in [0.29, 0.717) is 6.54 Å². The Balaban J connectivity index is 1.80. The first-order valence-electron chi connectivity index (χ1n) is 7.32. The van der Waals surface area contributed by atoms with Crippen molar-refractivity contribution in [3.05, 3.63) is 53.9 Å². The van der Waals surface area contributed by atoms with Crippen molar-refractivity contribution in [1.29, 1.82) is 0 Å². The third kappa shape index (κ3) is 4.55. The number of carbonyl (C=O) groups excluding carboxylic acids is 1. The van der Waals surface area contributed by atoms with Crippen LogP contribution in [0.15, 0.2) is 48.3 Å². The normalized spacial score (nSPS) is 14.5. The minimum Gasteiger partial charge on any atom is -0.508 e. The molecule has 3 N–H and O–H groups in total. The van der Waals surface area contributed by atoms with Crippen molar-refractivity contribution in [2.45, 2.75) is 32.9 Å². The van der Waals surface area contributed by atoms with Crippen molar-refractivity contribution >= 4 is 6.03 Å². The van der Waals surface area contributed by atoms with Crippen molar-refractivity contribution in [3.63, 3.8) is 0 Å². The number of carbonyl (C=O) groups is 1. The summed E-state index contributed by atoms with van der Waals surface area (Å²) in [6.07, 6.45) is 5.88. The fourth-order valence-corrected chi connectivity index (χ4v) is 2.06. The van der Waals surface area contributed by atoms with Gasteiger partial charge in [0, 0.05) is 30.5 Å². The van der Waals surface area contributed by atoms with Gasteiger partial charge >= 0.3 is 6.03 Å². The van der Waals surface area contributed by atoms with Gasteiger partial charge in [-0.1, -0.05) is 12.1 Å². The molecule has 0 aliphatic carbocycles. The molecule has 2 rings (SSSR count). The zero-order valence-corrected chi connectivity index (χ0v) is 13.3. The molecule has 0 aromatic heterocycles. The van der Waals surface area contributed by atoms with Crippen molar-refractivity contribution in [3.8, 4) is 5.75 Å². The molecule has 1 aliphatic heterocycles. The van der Waals surface area contributed by atoms with Crippen LogP contribution in [0.5, 0.6) is 5.75 Å². The lowest BCUT2D eigenvalue weighted by molar-refractivity contribution is 0.222. The van der Waals surface area contributed by atoms with Crippen LogP contribution in [0.25, 0.3) is 0 Å². The monoisotopic (exact) mass is 301 g/mol. The minimum absolute atomic E-state index is 0.0691. The third-order valence-corrected chi connectivity index (χ3v) is 3.45. The molecule has 0 saturated heterocycles. The molecule has 0 spiro atoms. The van der Waals surface area contributed by atoms with Gasteiger partial charge in [0.05, 0.1) is 0 Å². The number of nitrogens with one attached hydrogen (secondary N) is 2. The van der Waals surface area contributed by atoms with Crippen LogP contribution >= 0.6 is 0 Å². The minimum atomic E-state index is -0.242. The number of hydrogen-bond donors (Lipinski definition) is 3. The van der Waals surface area contributed by atoms with Gasteiger partial charge in [-0.05, 0) is 50.6 Å². The highest BCUT2D eigenvalue weighted by molar-refractivity contribution is 5.76. The molecule has 1 aromatic carbocycles. The third-order valence-electron chi connectivity index (χ3n) is 3.45. The quantitative estimate of drug-likeness (QED) is 0.804. The summed E-state index contributed by atoms with van der Waals surface area (Å²) in [5, 5.41) is 14.8. The second-order valence-corrected chi connectivity index (χ2v) is 6.27. The van der Waals surface area contributed by atoms with Gasteiger partial charge in [0.25, 0.3) is 0 Å². The van der Waals surface area contributed by atoms with E-state index in [-0.39, 0.29) is 17.3 Å². The SMILES string of the molecule is CC(C)(C)N1C=CC(NC(=O)NCc2ccc(O)cc2)=CC1. The van der Waals surface area contributed by atoms with E-state index >= 15 is 0 Å². The number of allylic oxidation sites excluding steroid dienone is 1. The molecule has 0 bridgehead atoms. The molecule has 0 fully saturated rings. The highest BCUT2D eigenvalue weighted by atomic mass is 16.3. The summed E-state index contributed by atoms with van der Waals surface area (Å²) < 4.78 is 0. The highest BCUT2D eigenvalue weighted by Crippen LogP contribution is 2.17. The molecule has 22 heavy (non-hydrogen) atoms. The molecule has 2 amide bonds. The number of nitrogens with zero attached hydrogens (tertiary/aromatic N) is 1. The van der Waals surface area contributed by atoms with Gasteiger partial charge in [0.15, 0.2) is 0 Å². The first-order valence-corrected chi connectivity index (χ1v) is 7.32. The number of aromatic hydroxyl groups is 1. The van der Waals surface area contributed by atoms with Crippen molar-refractivity contribution in [2.24, 2.45) is 0 Å². The molecule has 1 aliphatic rings. The van der Waals surface area contributed by atoms with Gasteiger partial charge < -0.3 is 20.6 Å². The summed E-state index contributed by atoms with van der Waals surface area (Å²) in [7, 11) is 0. The summed E-state index contributed by atoms with van der Waals surface area (Å²) >= 11 is 0. The summed E-state index contributed by atoms with van der Waals surface area (Å²) in [4.78, 5) is 14.1. The van der Waals surface area contributed by atoms with E-state index in [1.54, 1.807) is 24.3 Å². The van der Waals surface area contributed by atoms with Crippen molar-refractivity contribution in [1.82, 2.24) is 15.5 Å². The molecule has 118 valence electrons. The zero-order chi connectivity index (χ0) is 16.2. The molecular weight excluding hydrogens is 278 g/mol. The molecule has 0 radical (unpaired) electrons. The number of urea groups is 1. The van der Waals surface area contributed by atoms with E-state index in [9.17, 15) is 9.90 Å². The number of hydrogen-bond acceptors (Lipinski definition) is 3. The van der Waals surface area contributed by atoms with E-state index < -0.39 is 0 Å². The average molecular weight is 301 g/mol. The van der Waals surface area contributed by atoms with Crippen LogP contribution in [0.4, 0.5) is 4.79 Å². The van der Waals surface area contributed by atoms with Crippen LogP contribution in [-0.2, 0) is 6.54 Å². The Hall–Kier alpha value is -2.43. The lowest BCUT2D eigenvalue weighted by atomic mass is 10.1. The molecule has 5 nitrogen and oxygen atoms in total. The Morgan fingerprint density at radius 3 is 2.50 bits per heavy atom. The summed E-state index contributed by atoms with van der Waals surface area (Å²) in [5.41, 5.74) is 1.79. The number of rotatable bonds is 3. The molecule has 0 saturated carbocycles. The van der Waals surface area contributed by atoms with Crippen LogP contribution in [0.3, 0.4) is 0 Å². The predicted molar refractivity (Wildman–Crippen MR) is 87.2 cm³/mol. The highest BCUT2D eigenvalue weighted by Gasteiger charge is 2.19. The van der Waals surface area contributed by atoms with Gasteiger partial charge in [0.1, 0.15) is 5.75 Å². The summed E-state index contributed by atoms with van der Waals surface area (Å²) in [6, 6.07) is 6.51. The Labute approximate surface area is 131 Å². The number of benzene rings is 1. The maximum Gasteiger partial charge on any atom is 0.319 e. The fraction of sp³-hybridized carbons (Fsp3) is 0.353. The van der Waals surface area contributed by atoms with Gasteiger partial charge in [-0.2, -0.15) is 0 Å². The van der Waals surface area contributed by atoms with E-state index in [4.69, 9.17) is 0 Å². The molecule has 0 unspecified atom stereocenters. The van der Waals surface area contributed by atoms with Crippen LogP contribution in [0.2, 0.25) is 0 Å². The van der Waals surface area contributed by atoms with E-state index in [1.165, 1.54) is 0 Å². The molecule has 1 heterocycles. The van der Waals surface area contributed by atoms with E-state index in [1.807, 2.05) is 18.4 Å². The Bertz CT molecular complexity index is 583. The molecule has 0 atom stereocenters. The zero-order valence-electron chi connectivity index (χ0n) is 13.3. The van der Waals surface area contributed by atoms with Gasteiger partial charge in [-0.15, -0.1) is 0 Å². The second kappa shape index (κ2) is 6.56. The van der Waals surface area contributed by atoms with E-state index in [0.717, 1.165) is 17.8 Å². The lowest BCUT2D eigenvalue weighted by Crippen LogP contribution is -2.40. The first-order chi connectivity index (χ1) is 10.3. The Morgan fingerprint density at radius 1 is 1.27 bits per heavy atom. The average Bonchev–Trinajstić information content (AvgIpc) is 2.46. The Morgan fingerprint density at radius 2 is 1.95 bits per heavy atom. The van der Waals surface area contributed by atoms with Crippen molar-refractivity contribution < 1.29 is 9.90 Å².